The van der Waals surface area contributed by atoms with Gasteiger partial charge in [-0.05, 0) is 62.6 Å². The summed E-state index contributed by atoms with van der Waals surface area (Å²) in [6.45, 7) is 8.65. The van der Waals surface area contributed by atoms with Crippen LogP contribution in [0.25, 0.3) is 0 Å². The van der Waals surface area contributed by atoms with E-state index >= 15 is 0 Å². The van der Waals surface area contributed by atoms with Gasteiger partial charge in [-0.3, -0.25) is 4.90 Å². The number of likely N-dealkylation sites (N-methyl/N-ethyl adjacent to an activating group) is 2. The maximum absolute atomic E-state index is 6.26. The minimum atomic E-state index is 0.120. The first-order chi connectivity index (χ1) is 8.86. The lowest BCUT2D eigenvalue weighted by Gasteiger charge is -2.38. The second kappa shape index (κ2) is 7.74. The molecule has 1 heterocycles. The molecule has 19 heavy (non-hydrogen) atoms. The molecule has 0 amide bonds. The van der Waals surface area contributed by atoms with E-state index in [1.165, 1.54) is 8.66 Å². The fourth-order valence-corrected chi connectivity index (χ4v) is 4.29. The molecule has 0 aliphatic carbocycles. The normalized spacial score (nSPS) is 16.9. The number of rotatable bonds is 7. The molecule has 1 aromatic heterocycles. The summed E-state index contributed by atoms with van der Waals surface area (Å²) in [6, 6.07) is 5.19. The van der Waals surface area contributed by atoms with Gasteiger partial charge in [0.15, 0.2) is 0 Å². The third-order valence-electron chi connectivity index (χ3n) is 3.30. The molecule has 5 heteroatoms. The van der Waals surface area contributed by atoms with Gasteiger partial charge in [-0.1, -0.05) is 6.92 Å². The van der Waals surface area contributed by atoms with Crippen LogP contribution in [0.4, 0.5) is 0 Å². The first kappa shape index (κ1) is 17.1. The van der Waals surface area contributed by atoms with E-state index in [2.05, 4.69) is 72.7 Å². The zero-order valence-corrected chi connectivity index (χ0v) is 15.0. The predicted octanol–water partition coefficient (Wildman–Crippen LogP) is 3.17. The van der Waals surface area contributed by atoms with E-state index in [0.29, 0.717) is 6.04 Å². The van der Waals surface area contributed by atoms with Crippen LogP contribution in [0.15, 0.2) is 15.9 Å². The smallest absolute Gasteiger partial charge is 0.0702 e. The maximum atomic E-state index is 6.26. The average Bonchev–Trinajstić information content (AvgIpc) is 2.70. The van der Waals surface area contributed by atoms with Crippen LogP contribution < -0.4 is 5.73 Å². The predicted molar refractivity (Wildman–Crippen MR) is 88.8 cm³/mol. The standard InChI is InChI=1S/C14H26BrN3S/c1-6-18(10(2)9-17(4)5)14(11(3)16)12-7-8-13(15)19-12/h7-8,10-11,14H,6,9,16H2,1-5H3. The Morgan fingerprint density at radius 1 is 1.32 bits per heavy atom. The molecule has 0 aromatic carbocycles. The van der Waals surface area contributed by atoms with Crippen LogP contribution in [0.3, 0.4) is 0 Å². The highest BCUT2D eigenvalue weighted by atomic mass is 79.9. The van der Waals surface area contributed by atoms with E-state index < -0.39 is 0 Å². The van der Waals surface area contributed by atoms with Crippen molar-refractivity contribution in [2.24, 2.45) is 5.73 Å². The Morgan fingerprint density at radius 2 is 1.95 bits per heavy atom. The summed E-state index contributed by atoms with van der Waals surface area (Å²) in [5.74, 6) is 0. The molecule has 0 radical (unpaired) electrons. The van der Waals surface area contributed by atoms with Crippen molar-refractivity contribution in [2.45, 2.75) is 38.9 Å². The Balaban J connectivity index is 2.95. The molecule has 2 N–H and O–H groups in total. The molecule has 0 aliphatic heterocycles. The van der Waals surface area contributed by atoms with Crippen molar-refractivity contribution in [3.05, 3.63) is 20.8 Å². The number of hydrogen-bond acceptors (Lipinski definition) is 4. The van der Waals surface area contributed by atoms with Crippen LogP contribution in [-0.4, -0.2) is 49.1 Å². The number of nitrogens with zero attached hydrogens (tertiary/aromatic N) is 2. The van der Waals surface area contributed by atoms with Gasteiger partial charge in [0.2, 0.25) is 0 Å². The van der Waals surface area contributed by atoms with E-state index in [1.807, 2.05) is 0 Å². The number of nitrogens with two attached hydrogens (primary N) is 1. The van der Waals surface area contributed by atoms with Crippen LogP contribution in [-0.2, 0) is 0 Å². The molecule has 3 atom stereocenters. The Hall–Kier alpha value is 0.0600. The zero-order valence-electron chi connectivity index (χ0n) is 12.6. The monoisotopic (exact) mass is 347 g/mol. The molecule has 0 saturated carbocycles. The van der Waals surface area contributed by atoms with E-state index in [4.69, 9.17) is 5.73 Å². The summed E-state index contributed by atoms with van der Waals surface area (Å²) in [4.78, 5) is 6.08. The largest absolute Gasteiger partial charge is 0.326 e. The van der Waals surface area contributed by atoms with Gasteiger partial charge >= 0.3 is 0 Å². The third-order valence-corrected chi connectivity index (χ3v) is 5.00. The molecule has 3 nitrogen and oxygen atoms in total. The molecule has 110 valence electrons. The lowest BCUT2D eigenvalue weighted by molar-refractivity contribution is 0.116. The molecule has 3 unspecified atom stereocenters. The highest BCUT2D eigenvalue weighted by Crippen LogP contribution is 2.33. The first-order valence-electron chi connectivity index (χ1n) is 6.78. The van der Waals surface area contributed by atoms with Crippen LogP contribution in [0.1, 0.15) is 31.7 Å². The lowest BCUT2D eigenvalue weighted by Crippen LogP contribution is -2.47. The number of thiophene rings is 1. The van der Waals surface area contributed by atoms with Crippen molar-refractivity contribution in [1.29, 1.82) is 0 Å². The van der Waals surface area contributed by atoms with Crippen molar-refractivity contribution in [1.82, 2.24) is 9.80 Å². The van der Waals surface area contributed by atoms with Gasteiger partial charge in [0.1, 0.15) is 0 Å². The Kier molecular flexibility index (Phi) is 6.97. The van der Waals surface area contributed by atoms with Crippen molar-refractivity contribution in [3.63, 3.8) is 0 Å². The number of halogens is 1. The van der Waals surface area contributed by atoms with Gasteiger partial charge in [0, 0.05) is 23.5 Å². The molecule has 0 saturated heterocycles. The maximum Gasteiger partial charge on any atom is 0.0702 e. The fourth-order valence-electron chi connectivity index (χ4n) is 2.63. The first-order valence-corrected chi connectivity index (χ1v) is 8.39. The lowest BCUT2D eigenvalue weighted by atomic mass is 10.0. The highest BCUT2D eigenvalue weighted by molar-refractivity contribution is 9.11. The van der Waals surface area contributed by atoms with E-state index in [9.17, 15) is 0 Å². The third kappa shape index (κ3) is 4.83. The van der Waals surface area contributed by atoms with E-state index in [0.717, 1.165) is 13.1 Å². The molecule has 0 aliphatic rings. The fraction of sp³-hybridized carbons (Fsp3) is 0.714. The van der Waals surface area contributed by atoms with E-state index in [1.54, 1.807) is 11.3 Å². The highest BCUT2D eigenvalue weighted by Gasteiger charge is 2.28. The molecule has 0 spiro atoms. The van der Waals surface area contributed by atoms with Crippen LogP contribution in [0, 0.1) is 0 Å². The van der Waals surface area contributed by atoms with Crippen molar-refractivity contribution in [2.75, 3.05) is 27.2 Å². The summed E-state index contributed by atoms with van der Waals surface area (Å²) < 4.78 is 1.17. The topological polar surface area (TPSA) is 32.5 Å². The van der Waals surface area contributed by atoms with Crippen LogP contribution >= 0.6 is 27.3 Å². The molecule has 0 fully saturated rings. The Morgan fingerprint density at radius 3 is 2.32 bits per heavy atom. The Bertz CT molecular complexity index is 379. The zero-order chi connectivity index (χ0) is 14.6. The van der Waals surface area contributed by atoms with Gasteiger partial charge in [-0.15, -0.1) is 11.3 Å². The van der Waals surface area contributed by atoms with Crippen molar-refractivity contribution in [3.8, 4) is 0 Å². The molecular weight excluding hydrogens is 322 g/mol. The van der Waals surface area contributed by atoms with Gasteiger partial charge in [0.05, 0.1) is 9.83 Å². The van der Waals surface area contributed by atoms with Gasteiger partial charge in [-0.25, -0.2) is 0 Å². The summed E-state index contributed by atoms with van der Waals surface area (Å²) >= 11 is 5.33. The summed E-state index contributed by atoms with van der Waals surface area (Å²) in [6.07, 6.45) is 0. The molecular formula is C14H26BrN3S. The minimum Gasteiger partial charge on any atom is -0.326 e. The number of hydrogen-bond donors (Lipinski definition) is 1. The second-order valence-electron chi connectivity index (χ2n) is 5.39. The van der Waals surface area contributed by atoms with E-state index in [-0.39, 0.29) is 12.1 Å². The molecule has 1 aromatic rings. The SMILES string of the molecule is CCN(C(C)CN(C)C)C(c1ccc(Br)s1)C(C)N. The van der Waals surface area contributed by atoms with Gasteiger partial charge < -0.3 is 10.6 Å². The average molecular weight is 348 g/mol. The summed E-state index contributed by atoms with van der Waals surface area (Å²) in [5.41, 5.74) is 6.26. The summed E-state index contributed by atoms with van der Waals surface area (Å²) in [5, 5.41) is 0. The van der Waals surface area contributed by atoms with Crippen LogP contribution in [0.5, 0.6) is 0 Å². The van der Waals surface area contributed by atoms with Crippen LogP contribution in [0.2, 0.25) is 0 Å². The second-order valence-corrected chi connectivity index (χ2v) is 7.88. The van der Waals surface area contributed by atoms with Crippen molar-refractivity contribution < 1.29 is 0 Å². The van der Waals surface area contributed by atoms with Gasteiger partial charge in [0.25, 0.3) is 0 Å². The summed E-state index contributed by atoms with van der Waals surface area (Å²) in [7, 11) is 4.24. The minimum absolute atomic E-state index is 0.120. The van der Waals surface area contributed by atoms with Crippen molar-refractivity contribution >= 4 is 27.3 Å². The molecule has 0 bridgehead atoms. The van der Waals surface area contributed by atoms with Gasteiger partial charge in [-0.2, -0.15) is 0 Å². The molecule has 1 rings (SSSR count). The Labute approximate surface area is 129 Å². The quantitative estimate of drug-likeness (QED) is 0.822.